The van der Waals surface area contributed by atoms with Gasteiger partial charge in [-0.25, -0.2) is 19.4 Å². The quantitative estimate of drug-likeness (QED) is 0.223. The predicted octanol–water partition coefficient (Wildman–Crippen LogP) is 5.62. The van der Waals surface area contributed by atoms with Crippen LogP contribution < -0.4 is 0 Å². The molecule has 6 heteroatoms. The Kier molecular flexibility index (Phi) is 7.75. The minimum atomic E-state index is -1.51. The highest BCUT2D eigenvalue weighted by molar-refractivity contribution is 5.81. The number of hydrogen-bond donors (Lipinski definition) is 0. The fourth-order valence-electron chi connectivity index (χ4n) is 4.20. The van der Waals surface area contributed by atoms with Crippen LogP contribution in [0.4, 0.5) is 0 Å². The molecule has 0 spiro atoms. The monoisotopic (exact) mass is 412 g/mol. The van der Waals surface area contributed by atoms with Gasteiger partial charge >= 0.3 is 17.7 Å². The summed E-state index contributed by atoms with van der Waals surface area (Å²) < 4.78 is 0. The van der Waals surface area contributed by atoms with Gasteiger partial charge in [0.2, 0.25) is 0 Å². The lowest BCUT2D eigenvalue weighted by Crippen LogP contribution is -2.40. The standard InChI is InChI=1S/C23H40O6/c1-12-22(10,11)17(15(2)13-20(4,5)6)18(24)26-27-19(25)23(28-29-23)16(3)14-21(7,8)9/h12,15-17H,1,13-14H2,2-11H3. The fourth-order valence-corrected chi connectivity index (χ4v) is 4.20. The third-order valence-electron chi connectivity index (χ3n) is 5.40. The molecule has 0 radical (unpaired) electrons. The predicted molar refractivity (Wildman–Crippen MR) is 111 cm³/mol. The van der Waals surface area contributed by atoms with E-state index < -0.39 is 29.1 Å². The van der Waals surface area contributed by atoms with Crippen LogP contribution in [0.15, 0.2) is 12.7 Å². The Morgan fingerprint density at radius 3 is 1.79 bits per heavy atom. The molecule has 1 rings (SSSR count). The summed E-state index contributed by atoms with van der Waals surface area (Å²) in [7, 11) is 0. The van der Waals surface area contributed by atoms with Gasteiger partial charge in [0, 0.05) is 5.92 Å². The molecule has 0 amide bonds. The number of rotatable bonds is 8. The summed E-state index contributed by atoms with van der Waals surface area (Å²) in [6.07, 6.45) is 3.21. The second-order valence-electron chi connectivity index (χ2n) is 11.5. The first kappa shape index (κ1) is 25.6. The van der Waals surface area contributed by atoms with Gasteiger partial charge in [0.05, 0.1) is 5.92 Å². The average molecular weight is 413 g/mol. The molecule has 1 fully saturated rings. The third-order valence-corrected chi connectivity index (χ3v) is 5.40. The topological polar surface area (TPSA) is 77.7 Å². The highest BCUT2D eigenvalue weighted by Gasteiger charge is 2.64. The molecule has 0 N–H and O–H groups in total. The summed E-state index contributed by atoms with van der Waals surface area (Å²) in [5.41, 5.74) is -0.522. The number of allylic oxidation sites excluding steroid dienone is 1. The van der Waals surface area contributed by atoms with Crippen LogP contribution in [0.25, 0.3) is 0 Å². The first-order valence-corrected chi connectivity index (χ1v) is 10.4. The highest BCUT2D eigenvalue weighted by atomic mass is 17.4. The lowest BCUT2D eigenvalue weighted by Gasteiger charge is -2.36. The van der Waals surface area contributed by atoms with Crippen molar-refractivity contribution in [1.29, 1.82) is 0 Å². The van der Waals surface area contributed by atoms with Crippen LogP contribution in [0.1, 0.15) is 82.1 Å². The maximum Gasteiger partial charge on any atom is 0.420 e. The number of carbonyl (C=O) groups excluding carboxylic acids is 2. The van der Waals surface area contributed by atoms with Crippen LogP contribution >= 0.6 is 0 Å². The first-order valence-electron chi connectivity index (χ1n) is 10.4. The normalized spacial score (nSPS) is 19.7. The Balaban J connectivity index is 2.85. The zero-order valence-electron chi connectivity index (χ0n) is 19.9. The third kappa shape index (κ3) is 7.10. The average Bonchev–Trinajstić information content (AvgIpc) is 3.30. The number of hydrogen-bond acceptors (Lipinski definition) is 6. The fraction of sp³-hybridized carbons (Fsp3) is 0.826. The zero-order valence-corrected chi connectivity index (χ0v) is 19.9. The van der Waals surface area contributed by atoms with E-state index in [1.54, 1.807) is 6.08 Å². The molecule has 1 aliphatic heterocycles. The van der Waals surface area contributed by atoms with Gasteiger partial charge in [-0.15, -0.1) is 6.58 Å². The minimum Gasteiger partial charge on any atom is -0.247 e. The largest absolute Gasteiger partial charge is 0.420 e. The molecule has 1 saturated heterocycles. The van der Waals surface area contributed by atoms with Crippen molar-refractivity contribution in [1.82, 2.24) is 0 Å². The van der Waals surface area contributed by atoms with Gasteiger partial charge < -0.3 is 0 Å². The van der Waals surface area contributed by atoms with Gasteiger partial charge in [0.15, 0.2) is 0 Å². The van der Waals surface area contributed by atoms with E-state index in [2.05, 4.69) is 48.1 Å². The van der Waals surface area contributed by atoms with Gasteiger partial charge in [-0.05, 0) is 35.0 Å². The van der Waals surface area contributed by atoms with Crippen LogP contribution in [0, 0.1) is 34.0 Å². The minimum absolute atomic E-state index is 0.00333. The molecule has 0 aliphatic carbocycles. The van der Waals surface area contributed by atoms with E-state index in [4.69, 9.17) is 19.6 Å². The SMILES string of the molecule is C=CC(C)(C)C(C(=O)OOC(=O)C1(C(C)CC(C)(C)C)OO1)C(C)CC(C)(C)C. The Bertz CT molecular complexity index is 604. The van der Waals surface area contributed by atoms with E-state index in [0.29, 0.717) is 6.42 Å². The van der Waals surface area contributed by atoms with E-state index in [-0.39, 0.29) is 22.7 Å². The molecule has 3 unspecified atom stereocenters. The molecular weight excluding hydrogens is 372 g/mol. The van der Waals surface area contributed by atoms with E-state index in [0.717, 1.165) is 6.42 Å². The summed E-state index contributed by atoms with van der Waals surface area (Å²) in [5, 5.41) is 0. The van der Waals surface area contributed by atoms with Crippen molar-refractivity contribution in [3.8, 4) is 0 Å². The van der Waals surface area contributed by atoms with Crippen LogP contribution in [-0.4, -0.2) is 17.7 Å². The summed E-state index contributed by atoms with van der Waals surface area (Å²) in [5.74, 6) is -3.73. The maximum atomic E-state index is 12.9. The van der Waals surface area contributed by atoms with Gasteiger partial charge in [-0.1, -0.05) is 75.3 Å². The molecule has 168 valence electrons. The molecule has 1 aliphatic rings. The first-order chi connectivity index (χ1) is 12.9. The molecule has 0 saturated carbocycles. The molecule has 29 heavy (non-hydrogen) atoms. The van der Waals surface area contributed by atoms with Gasteiger partial charge in [0.25, 0.3) is 0 Å². The second-order valence-corrected chi connectivity index (χ2v) is 11.5. The molecule has 0 aromatic heterocycles. The lowest BCUT2D eigenvalue weighted by atomic mass is 9.68. The van der Waals surface area contributed by atoms with Crippen LogP contribution in [0.3, 0.4) is 0 Å². The maximum absolute atomic E-state index is 12.9. The highest BCUT2D eigenvalue weighted by Crippen LogP contribution is 2.44. The van der Waals surface area contributed by atoms with E-state index >= 15 is 0 Å². The van der Waals surface area contributed by atoms with E-state index in [1.165, 1.54) is 0 Å². The van der Waals surface area contributed by atoms with Crippen LogP contribution in [-0.2, 0) is 29.1 Å². The van der Waals surface area contributed by atoms with E-state index in [9.17, 15) is 9.59 Å². The smallest absolute Gasteiger partial charge is 0.247 e. The van der Waals surface area contributed by atoms with Crippen molar-refractivity contribution in [2.45, 2.75) is 87.9 Å². The number of carbonyl (C=O) groups is 2. The molecule has 0 bridgehead atoms. The van der Waals surface area contributed by atoms with Crippen molar-refractivity contribution < 1.29 is 29.1 Å². The summed E-state index contributed by atoms with van der Waals surface area (Å²) >= 11 is 0. The summed E-state index contributed by atoms with van der Waals surface area (Å²) in [6, 6.07) is 0. The molecule has 3 atom stereocenters. The second kappa shape index (κ2) is 8.76. The molecular formula is C23H40O6. The Morgan fingerprint density at radius 1 is 0.931 bits per heavy atom. The lowest BCUT2D eigenvalue weighted by molar-refractivity contribution is -0.271. The Morgan fingerprint density at radius 2 is 1.41 bits per heavy atom. The van der Waals surface area contributed by atoms with Crippen molar-refractivity contribution in [3.63, 3.8) is 0 Å². The molecule has 6 nitrogen and oxygen atoms in total. The molecule has 0 aromatic carbocycles. The summed E-state index contributed by atoms with van der Waals surface area (Å²) in [6.45, 7) is 24.1. The van der Waals surface area contributed by atoms with E-state index in [1.807, 2.05) is 27.7 Å². The van der Waals surface area contributed by atoms with Crippen molar-refractivity contribution in [2.75, 3.05) is 0 Å². The van der Waals surface area contributed by atoms with Gasteiger partial charge in [-0.3, -0.25) is 0 Å². The van der Waals surface area contributed by atoms with Crippen molar-refractivity contribution in [2.24, 2.45) is 34.0 Å². The van der Waals surface area contributed by atoms with Gasteiger partial charge in [0.1, 0.15) is 0 Å². The Labute approximate surface area is 176 Å². The van der Waals surface area contributed by atoms with Crippen LogP contribution in [0.5, 0.6) is 0 Å². The molecule has 1 heterocycles. The summed E-state index contributed by atoms with van der Waals surface area (Å²) in [4.78, 5) is 45.3. The van der Waals surface area contributed by atoms with Crippen LogP contribution in [0.2, 0.25) is 0 Å². The van der Waals surface area contributed by atoms with Crippen molar-refractivity contribution in [3.05, 3.63) is 12.7 Å². The zero-order chi connectivity index (χ0) is 22.8. The van der Waals surface area contributed by atoms with Gasteiger partial charge in [-0.2, -0.15) is 9.78 Å². The molecule has 0 aromatic rings. The Hall–Kier alpha value is -1.40. The van der Waals surface area contributed by atoms with Crippen molar-refractivity contribution >= 4 is 11.9 Å².